The van der Waals surface area contributed by atoms with Gasteiger partial charge >= 0.3 is 0 Å². The maximum atomic E-state index is 9.96. The van der Waals surface area contributed by atoms with Gasteiger partial charge in [0.05, 0.1) is 12.2 Å². The zero-order valence-electron chi connectivity index (χ0n) is 15.1. The van der Waals surface area contributed by atoms with Crippen molar-refractivity contribution in [1.82, 2.24) is 0 Å². The van der Waals surface area contributed by atoms with Gasteiger partial charge in [0, 0.05) is 11.0 Å². The minimum Gasteiger partial charge on any atom is -0.393 e. The van der Waals surface area contributed by atoms with Crippen molar-refractivity contribution in [2.75, 3.05) is 0 Å². The lowest BCUT2D eigenvalue weighted by molar-refractivity contribution is -0.0451. The maximum absolute atomic E-state index is 9.96. The minimum atomic E-state index is -0.0324. The highest BCUT2D eigenvalue weighted by Gasteiger charge is 2.53. The number of fused-ring (bicyclic) bond motifs is 4. The van der Waals surface area contributed by atoms with Crippen molar-refractivity contribution in [2.24, 2.45) is 35.0 Å². The Morgan fingerprint density at radius 2 is 1.87 bits per heavy atom. The van der Waals surface area contributed by atoms with Crippen LogP contribution >= 0.6 is 0 Å². The monoisotopic (exact) mass is 315 g/mol. The third-order valence-corrected chi connectivity index (χ3v) is 7.58. The lowest BCUT2D eigenvalue weighted by atomic mass is 9.51. The average molecular weight is 316 g/mol. The summed E-state index contributed by atoms with van der Waals surface area (Å²) >= 11 is 0. The van der Waals surface area contributed by atoms with Crippen LogP contribution in [0, 0.1) is 46.3 Å². The molecule has 3 saturated carbocycles. The largest absolute Gasteiger partial charge is 0.393 e. The molecule has 128 valence electrons. The Bertz CT molecular complexity index is 504. The third kappa shape index (κ3) is 2.76. The van der Waals surface area contributed by atoms with Crippen LogP contribution in [-0.2, 0) is 0 Å². The van der Waals surface area contributed by atoms with E-state index in [4.69, 9.17) is 0 Å². The molecular formula is C21H33NO. The molecule has 3 fully saturated rings. The molecule has 0 radical (unpaired) electrons. The molecule has 0 saturated heterocycles. The summed E-state index contributed by atoms with van der Waals surface area (Å²) in [6.07, 6.45) is 11.9. The molecule has 23 heavy (non-hydrogen) atoms. The molecule has 4 aliphatic carbocycles. The van der Waals surface area contributed by atoms with E-state index in [1.807, 2.05) is 13.8 Å². The van der Waals surface area contributed by atoms with Crippen LogP contribution in [0.15, 0.2) is 11.6 Å². The molecule has 0 unspecified atom stereocenters. The van der Waals surface area contributed by atoms with E-state index in [-0.39, 0.29) is 11.5 Å². The van der Waals surface area contributed by atoms with E-state index in [1.165, 1.54) is 32.1 Å². The van der Waals surface area contributed by atoms with Crippen molar-refractivity contribution < 1.29 is 5.11 Å². The number of nitrogens with zero attached hydrogens (tertiary/aromatic N) is 1. The first-order chi connectivity index (χ1) is 11.1. The van der Waals surface area contributed by atoms with E-state index in [9.17, 15) is 10.4 Å². The molecule has 2 nitrogen and oxygen atoms in total. The molecule has 0 spiro atoms. The molecule has 0 bridgehead atoms. The highest BCUT2D eigenvalue weighted by atomic mass is 16.3. The van der Waals surface area contributed by atoms with Crippen LogP contribution in [0.1, 0.15) is 72.1 Å². The molecular weight excluding hydrogens is 282 g/mol. The van der Waals surface area contributed by atoms with Gasteiger partial charge in [-0.05, 0) is 81.0 Å². The fourth-order valence-electron chi connectivity index (χ4n) is 6.40. The minimum absolute atomic E-state index is 0.0324. The lowest BCUT2D eigenvalue weighted by Gasteiger charge is -2.53. The SMILES string of the molecule is CC.C[C@]12CC[C@@H]3C[C@@H]4C[C@@H](O)CC[C@H]4C[C@H]3[C@@H]1CC=C2C#N. The summed E-state index contributed by atoms with van der Waals surface area (Å²) < 4.78 is 0. The average Bonchev–Trinajstić information content (AvgIpc) is 2.92. The molecule has 0 heterocycles. The predicted octanol–water partition coefficient (Wildman–Crippen LogP) is 5.09. The highest BCUT2D eigenvalue weighted by molar-refractivity contribution is 5.35. The van der Waals surface area contributed by atoms with Gasteiger partial charge in [-0.25, -0.2) is 0 Å². The second-order valence-electron chi connectivity index (χ2n) is 8.41. The number of hydrogen-bond donors (Lipinski definition) is 1. The molecule has 2 heteroatoms. The number of aliphatic hydroxyl groups excluding tert-OH is 1. The Kier molecular flexibility index (Phi) is 4.88. The first-order valence-electron chi connectivity index (χ1n) is 9.90. The summed E-state index contributed by atoms with van der Waals surface area (Å²) in [5, 5.41) is 19.4. The smallest absolute Gasteiger partial charge is 0.0949 e. The summed E-state index contributed by atoms with van der Waals surface area (Å²) in [5.41, 5.74) is 1.25. The van der Waals surface area contributed by atoms with Crippen LogP contribution in [0.25, 0.3) is 0 Å². The predicted molar refractivity (Wildman–Crippen MR) is 93.5 cm³/mol. The summed E-state index contributed by atoms with van der Waals surface area (Å²) in [4.78, 5) is 0. The number of nitriles is 1. The van der Waals surface area contributed by atoms with E-state index < -0.39 is 0 Å². The fourth-order valence-corrected chi connectivity index (χ4v) is 6.40. The number of allylic oxidation sites excluding steroid dienone is 2. The van der Waals surface area contributed by atoms with Crippen molar-refractivity contribution >= 4 is 0 Å². The Morgan fingerprint density at radius 1 is 1.09 bits per heavy atom. The van der Waals surface area contributed by atoms with Crippen LogP contribution < -0.4 is 0 Å². The zero-order valence-corrected chi connectivity index (χ0v) is 15.1. The van der Waals surface area contributed by atoms with Gasteiger partial charge in [-0.2, -0.15) is 5.26 Å². The molecule has 4 rings (SSSR count). The Morgan fingerprint density at radius 3 is 2.61 bits per heavy atom. The summed E-state index contributed by atoms with van der Waals surface area (Å²) in [5.74, 6) is 4.05. The van der Waals surface area contributed by atoms with Gasteiger partial charge in [-0.15, -0.1) is 0 Å². The van der Waals surface area contributed by atoms with Crippen LogP contribution in [0.5, 0.6) is 0 Å². The van der Waals surface area contributed by atoms with Gasteiger partial charge in [0.15, 0.2) is 0 Å². The van der Waals surface area contributed by atoms with Gasteiger partial charge < -0.3 is 5.11 Å². The third-order valence-electron chi connectivity index (χ3n) is 7.58. The number of aliphatic hydroxyl groups is 1. The van der Waals surface area contributed by atoms with Crippen molar-refractivity contribution in [1.29, 1.82) is 5.26 Å². The quantitative estimate of drug-likeness (QED) is 0.677. The number of rotatable bonds is 0. The van der Waals surface area contributed by atoms with Crippen LogP contribution in [0.3, 0.4) is 0 Å². The van der Waals surface area contributed by atoms with E-state index in [1.54, 1.807) is 0 Å². The van der Waals surface area contributed by atoms with E-state index in [0.717, 1.165) is 54.4 Å². The van der Waals surface area contributed by atoms with Gasteiger partial charge in [0.1, 0.15) is 0 Å². The molecule has 1 N–H and O–H groups in total. The molecule has 0 amide bonds. The van der Waals surface area contributed by atoms with Gasteiger partial charge in [-0.3, -0.25) is 0 Å². The maximum Gasteiger partial charge on any atom is 0.0949 e. The molecule has 0 aliphatic heterocycles. The topological polar surface area (TPSA) is 44.0 Å². The Hall–Kier alpha value is -0.810. The van der Waals surface area contributed by atoms with Crippen LogP contribution in [0.2, 0.25) is 0 Å². The summed E-state index contributed by atoms with van der Waals surface area (Å²) in [6, 6.07) is 2.49. The first kappa shape index (κ1) is 17.0. The van der Waals surface area contributed by atoms with Crippen molar-refractivity contribution in [3.8, 4) is 6.07 Å². The fraction of sp³-hybridized carbons (Fsp3) is 0.857. The standard InChI is InChI=1S/C19H27NO.C2H6/c1-19-7-6-13-8-14-9-16(21)4-2-12(14)10-17(13)18(19)5-3-15(19)11-20;1-2/h3,12-14,16-18,21H,2,4-10H2,1H3;1-2H3/t12-,13+,14+,16-,17+,18-,19+;/m0./s1. The van der Waals surface area contributed by atoms with Crippen molar-refractivity contribution in [3.63, 3.8) is 0 Å². The lowest BCUT2D eigenvalue weighted by Crippen LogP contribution is -2.46. The van der Waals surface area contributed by atoms with E-state index in [0.29, 0.717) is 0 Å². The van der Waals surface area contributed by atoms with Crippen LogP contribution in [-0.4, -0.2) is 11.2 Å². The molecule has 4 aliphatic rings. The van der Waals surface area contributed by atoms with Gasteiger partial charge in [-0.1, -0.05) is 26.8 Å². The van der Waals surface area contributed by atoms with Crippen molar-refractivity contribution in [3.05, 3.63) is 11.6 Å². The van der Waals surface area contributed by atoms with Crippen LogP contribution in [0.4, 0.5) is 0 Å². The Balaban J connectivity index is 0.000000753. The highest BCUT2D eigenvalue weighted by Crippen LogP contribution is 2.61. The molecule has 0 aromatic carbocycles. The summed E-state index contributed by atoms with van der Waals surface area (Å²) in [7, 11) is 0. The zero-order chi connectivity index (χ0) is 16.6. The second kappa shape index (κ2) is 6.60. The summed E-state index contributed by atoms with van der Waals surface area (Å²) in [6.45, 7) is 6.35. The first-order valence-corrected chi connectivity index (χ1v) is 9.90. The van der Waals surface area contributed by atoms with E-state index >= 15 is 0 Å². The molecule has 0 aromatic heterocycles. The molecule has 7 atom stereocenters. The normalized spacial score (nSPS) is 47.9. The van der Waals surface area contributed by atoms with Gasteiger partial charge in [0.2, 0.25) is 0 Å². The molecule has 0 aromatic rings. The van der Waals surface area contributed by atoms with Crippen molar-refractivity contribution in [2.45, 2.75) is 78.2 Å². The van der Waals surface area contributed by atoms with E-state index in [2.05, 4.69) is 19.1 Å². The van der Waals surface area contributed by atoms with Gasteiger partial charge in [0.25, 0.3) is 0 Å². The Labute approximate surface area is 142 Å². The number of hydrogen-bond acceptors (Lipinski definition) is 2. The second-order valence-corrected chi connectivity index (χ2v) is 8.41.